The predicted octanol–water partition coefficient (Wildman–Crippen LogP) is 3.38. The fourth-order valence-corrected chi connectivity index (χ4v) is 2.97. The zero-order valence-electron chi connectivity index (χ0n) is 12.8. The minimum Gasteiger partial charge on any atom is -0.364 e. The normalized spacial score (nSPS) is 10.3. The van der Waals surface area contributed by atoms with Crippen molar-refractivity contribution in [2.24, 2.45) is 5.73 Å². The van der Waals surface area contributed by atoms with Gasteiger partial charge in [0.25, 0.3) is 11.8 Å². The van der Waals surface area contributed by atoms with E-state index in [1.807, 2.05) is 30.3 Å². The van der Waals surface area contributed by atoms with Crippen LogP contribution in [0.15, 0.2) is 54.6 Å². The average molecular weight is 356 g/mol. The van der Waals surface area contributed by atoms with Crippen LogP contribution in [0.4, 0.5) is 20.2 Å². The molecule has 3 aromatic rings. The van der Waals surface area contributed by atoms with Crippen LogP contribution < -0.4 is 16.4 Å². The van der Waals surface area contributed by atoms with Gasteiger partial charge in [0, 0.05) is 5.69 Å². The Balaban J connectivity index is 1.86. The Morgan fingerprint density at radius 3 is 2.40 bits per heavy atom. The van der Waals surface area contributed by atoms with Crippen LogP contribution >= 0.6 is 11.3 Å². The molecule has 2 aromatic carbocycles. The van der Waals surface area contributed by atoms with Gasteiger partial charge in [0.15, 0.2) is 10.8 Å². The number of para-hydroxylation sites is 1. The molecule has 0 spiro atoms. The lowest BCUT2D eigenvalue weighted by atomic mass is 10.2. The molecule has 0 aliphatic carbocycles. The number of benzene rings is 2. The minimum atomic E-state index is -0.791. The van der Waals surface area contributed by atoms with Crippen LogP contribution in [0.5, 0.6) is 0 Å². The van der Waals surface area contributed by atoms with Crippen LogP contribution in [0.1, 0.15) is 20.8 Å². The first kappa shape index (κ1) is 16.6. The van der Waals surface area contributed by atoms with Gasteiger partial charge in [-0.1, -0.05) is 41.7 Å². The highest BCUT2D eigenvalue weighted by Crippen LogP contribution is 2.31. The molecular formula is C17H13FN4O2S. The maximum atomic E-state index is 13.7. The van der Waals surface area contributed by atoms with Crippen molar-refractivity contribution in [3.63, 3.8) is 0 Å². The number of thiazole rings is 1. The minimum absolute atomic E-state index is 0.0897. The molecule has 0 saturated heterocycles. The van der Waals surface area contributed by atoms with Crippen molar-refractivity contribution in [2.75, 3.05) is 10.6 Å². The van der Waals surface area contributed by atoms with E-state index >= 15 is 0 Å². The van der Waals surface area contributed by atoms with Gasteiger partial charge in [-0.05, 0) is 24.3 Å². The highest BCUT2D eigenvalue weighted by Gasteiger charge is 2.20. The first-order valence-electron chi connectivity index (χ1n) is 7.23. The Bertz CT molecular complexity index is 927. The summed E-state index contributed by atoms with van der Waals surface area (Å²) in [4.78, 5) is 27.9. The molecule has 25 heavy (non-hydrogen) atoms. The topological polar surface area (TPSA) is 97.1 Å². The second kappa shape index (κ2) is 7.10. The third-order valence-electron chi connectivity index (χ3n) is 3.23. The number of aromatic nitrogens is 1. The van der Waals surface area contributed by atoms with E-state index in [0.29, 0.717) is 5.13 Å². The fourth-order valence-electron chi connectivity index (χ4n) is 2.09. The molecule has 0 bridgehead atoms. The van der Waals surface area contributed by atoms with Crippen molar-refractivity contribution in [1.82, 2.24) is 4.98 Å². The Morgan fingerprint density at radius 2 is 1.72 bits per heavy atom. The van der Waals surface area contributed by atoms with E-state index in [9.17, 15) is 14.0 Å². The monoisotopic (exact) mass is 356 g/mol. The van der Waals surface area contributed by atoms with Gasteiger partial charge in [-0.2, -0.15) is 0 Å². The van der Waals surface area contributed by atoms with Crippen molar-refractivity contribution < 1.29 is 14.0 Å². The fraction of sp³-hybridized carbons (Fsp3) is 0. The Labute approximate surface area is 146 Å². The molecule has 0 unspecified atom stereocenters. The summed E-state index contributed by atoms with van der Waals surface area (Å²) in [5.74, 6) is -2.13. The van der Waals surface area contributed by atoms with Crippen LogP contribution in [0, 0.1) is 5.82 Å². The second-order valence-electron chi connectivity index (χ2n) is 4.99. The van der Waals surface area contributed by atoms with Gasteiger partial charge in [-0.3, -0.25) is 9.59 Å². The molecule has 6 nitrogen and oxygen atoms in total. The average Bonchev–Trinajstić information content (AvgIpc) is 2.98. The molecule has 1 aromatic heterocycles. The molecule has 2 amide bonds. The molecule has 0 saturated carbocycles. The molecule has 0 fully saturated rings. The Kier molecular flexibility index (Phi) is 4.71. The molecule has 3 rings (SSSR count). The zero-order chi connectivity index (χ0) is 17.8. The van der Waals surface area contributed by atoms with Gasteiger partial charge in [0.1, 0.15) is 10.8 Å². The number of anilines is 3. The van der Waals surface area contributed by atoms with E-state index in [-0.39, 0.29) is 16.3 Å². The van der Waals surface area contributed by atoms with E-state index in [0.717, 1.165) is 17.0 Å². The molecule has 0 aliphatic rings. The second-order valence-corrected chi connectivity index (χ2v) is 5.99. The van der Waals surface area contributed by atoms with Crippen LogP contribution in [0.25, 0.3) is 0 Å². The molecular weight excluding hydrogens is 343 g/mol. The van der Waals surface area contributed by atoms with Crippen LogP contribution in [-0.4, -0.2) is 16.8 Å². The first-order chi connectivity index (χ1) is 12.0. The van der Waals surface area contributed by atoms with Crippen molar-refractivity contribution >= 4 is 39.0 Å². The number of carbonyl (C=O) groups is 2. The summed E-state index contributed by atoms with van der Waals surface area (Å²) in [6.45, 7) is 0. The maximum absolute atomic E-state index is 13.7. The Hall–Kier alpha value is -3.26. The van der Waals surface area contributed by atoms with Crippen molar-refractivity contribution in [3.8, 4) is 0 Å². The van der Waals surface area contributed by atoms with Gasteiger partial charge in [0.05, 0.1) is 5.56 Å². The van der Waals surface area contributed by atoms with Gasteiger partial charge in [0.2, 0.25) is 0 Å². The number of hydrogen-bond acceptors (Lipinski definition) is 5. The van der Waals surface area contributed by atoms with E-state index in [1.165, 1.54) is 18.2 Å². The van der Waals surface area contributed by atoms with Crippen molar-refractivity contribution in [3.05, 3.63) is 71.7 Å². The molecule has 8 heteroatoms. The number of nitrogens with two attached hydrogens (primary N) is 1. The summed E-state index contributed by atoms with van der Waals surface area (Å²) in [6.07, 6.45) is 0. The number of hydrogen-bond donors (Lipinski definition) is 3. The maximum Gasteiger partial charge on any atom is 0.270 e. The number of nitrogens with one attached hydrogen (secondary N) is 2. The molecule has 0 radical (unpaired) electrons. The van der Waals surface area contributed by atoms with Gasteiger partial charge >= 0.3 is 0 Å². The van der Waals surface area contributed by atoms with E-state index in [4.69, 9.17) is 5.73 Å². The Morgan fingerprint density at radius 1 is 1.04 bits per heavy atom. The highest BCUT2D eigenvalue weighted by molar-refractivity contribution is 7.20. The molecule has 1 heterocycles. The third-order valence-corrected chi connectivity index (χ3v) is 4.12. The zero-order valence-corrected chi connectivity index (χ0v) is 13.6. The SMILES string of the molecule is NC(=O)c1nc(Nc2ccccc2)sc1NC(=O)c1ccccc1F. The van der Waals surface area contributed by atoms with Gasteiger partial charge in [-0.15, -0.1) is 0 Å². The first-order valence-corrected chi connectivity index (χ1v) is 8.05. The number of halogens is 1. The van der Waals surface area contributed by atoms with Crippen LogP contribution in [0.2, 0.25) is 0 Å². The number of carbonyl (C=O) groups excluding carboxylic acids is 2. The number of primary amides is 1. The van der Waals surface area contributed by atoms with Gasteiger partial charge < -0.3 is 16.4 Å². The molecule has 0 atom stereocenters. The summed E-state index contributed by atoms with van der Waals surface area (Å²) in [5, 5.41) is 6.04. The number of amides is 2. The largest absolute Gasteiger partial charge is 0.364 e. The number of nitrogens with zero attached hydrogens (tertiary/aromatic N) is 1. The summed E-state index contributed by atoms with van der Waals surface area (Å²) in [7, 11) is 0. The number of rotatable bonds is 5. The van der Waals surface area contributed by atoms with Gasteiger partial charge in [-0.25, -0.2) is 9.37 Å². The molecule has 0 aliphatic heterocycles. The molecule has 126 valence electrons. The highest BCUT2D eigenvalue weighted by atomic mass is 32.1. The summed E-state index contributed by atoms with van der Waals surface area (Å²) in [5.41, 5.74) is 5.86. The summed E-state index contributed by atoms with van der Waals surface area (Å²) < 4.78 is 13.7. The predicted molar refractivity (Wildman–Crippen MR) is 94.7 cm³/mol. The van der Waals surface area contributed by atoms with E-state index in [1.54, 1.807) is 6.07 Å². The summed E-state index contributed by atoms with van der Waals surface area (Å²) in [6, 6.07) is 14.7. The quantitative estimate of drug-likeness (QED) is 0.653. The third kappa shape index (κ3) is 3.81. The lowest BCUT2D eigenvalue weighted by Crippen LogP contribution is -2.18. The van der Waals surface area contributed by atoms with E-state index < -0.39 is 17.6 Å². The smallest absolute Gasteiger partial charge is 0.270 e. The molecule has 4 N–H and O–H groups in total. The van der Waals surface area contributed by atoms with Crippen LogP contribution in [-0.2, 0) is 0 Å². The van der Waals surface area contributed by atoms with Crippen molar-refractivity contribution in [1.29, 1.82) is 0 Å². The lowest BCUT2D eigenvalue weighted by Gasteiger charge is -2.04. The lowest BCUT2D eigenvalue weighted by molar-refractivity contribution is 0.0997. The van der Waals surface area contributed by atoms with Crippen molar-refractivity contribution in [2.45, 2.75) is 0 Å². The standard InChI is InChI=1S/C17H13FN4O2S/c18-12-9-5-4-8-11(12)15(24)22-16-13(14(19)23)21-17(25-16)20-10-6-2-1-3-7-10/h1-9H,(H2,19,23)(H,20,21)(H,22,24). The van der Waals surface area contributed by atoms with E-state index in [2.05, 4.69) is 15.6 Å². The van der Waals surface area contributed by atoms with Crippen LogP contribution in [0.3, 0.4) is 0 Å². The summed E-state index contributed by atoms with van der Waals surface area (Å²) >= 11 is 1.03.